The van der Waals surface area contributed by atoms with Crippen LogP contribution in [0.3, 0.4) is 0 Å². The molecule has 0 saturated carbocycles. The van der Waals surface area contributed by atoms with E-state index in [0.29, 0.717) is 24.0 Å². The Labute approximate surface area is 128 Å². The van der Waals surface area contributed by atoms with E-state index in [-0.39, 0.29) is 17.9 Å². The van der Waals surface area contributed by atoms with Gasteiger partial charge in [-0.1, -0.05) is 12.1 Å². The first-order valence-corrected chi connectivity index (χ1v) is 6.77. The Balaban J connectivity index is 2.06. The number of aromatic hydroxyl groups is 2. The van der Waals surface area contributed by atoms with Crippen molar-refractivity contribution in [3.63, 3.8) is 0 Å². The Hall–Kier alpha value is -2.53. The van der Waals surface area contributed by atoms with E-state index in [1.165, 1.54) is 0 Å². The molecule has 0 fully saturated rings. The second kappa shape index (κ2) is 6.95. The lowest BCUT2D eigenvalue weighted by atomic mass is 10.0. The van der Waals surface area contributed by atoms with Crippen LogP contribution >= 0.6 is 0 Å². The van der Waals surface area contributed by atoms with Gasteiger partial charge in [0.25, 0.3) is 0 Å². The second-order valence-electron chi connectivity index (χ2n) is 4.92. The van der Waals surface area contributed by atoms with Crippen molar-refractivity contribution in [2.24, 2.45) is 0 Å². The minimum absolute atomic E-state index is 0.0535. The van der Waals surface area contributed by atoms with Gasteiger partial charge in [0.2, 0.25) is 0 Å². The van der Waals surface area contributed by atoms with Gasteiger partial charge in [0, 0.05) is 0 Å². The fourth-order valence-electron chi connectivity index (χ4n) is 2.13. The highest BCUT2D eigenvalue weighted by atomic mass is 16.5. The Kier molecular flexibility index (Phi) is 5.01. The van der Waals surface area contributed by atoms with Crippen LogP contribution in [-0.4, -0.2) is 23.6 Å². The molecule has 2 rings (SSSR count). The molecule has 0 amide bonds. The second-order valence-corrected chi connectivity index (χ2v) is 4.92. The van der Waals surface area contributed by atoms with Crippen LogP contribution in [0.25, 0.3) is 0 Å². The molecule has 22 heavy (non-hydrogen) atoms. The van der Waals surface area contributed by atoms with E-state index in [1.807, 2.05) is 24.3 Å². The van der Waals surface area contributed by atoms with Gasteiger partial charge in [-0.25, -0.2) is 0 Å². The lowest BCUT2D eigenvalue weighted by Crippen LogP contribution is -2.00. The Bertz CT molecular complexity index is 662. The molecule has 0 saturated heterocycles. The zero-order valence-corrected chi connectivity index (χ0v) is 12.5. The van der Waals surface area contributed by atoms with Crippen LogP contribution in [0.4, 0.5) is 0 Å². The van der Waals surface area contributed by atoms with E-state index in [4.69, 9.17) is 9.47 Å². The lowest BCUT2D eigenvalue weighted by molar-refractivity contribution is 0.103. The molecule has 2 N–H and O–H groups in total. The number of hydrogen-bond donors (Lipinski definition) is 2. The number of carbonyl (C=O) groups excluding carboxylic acids is 1. The predicted octanol–water partition coefficient (Wildman–Crippen LogP) is 2.94. The van der Waals surface area contributed by atoms with Crippen molar-refractivity contribution in [3.05, 3.63) is 52.6 Å². The number of hydrogen-bond acceptors (Lipinski definition) is 5. The van der Waals surface area contributed by atoms with E-state index >= 15 is 0 Å². The third kappa shape index (κ3) is 3.38. The first-order chi connectivity index (χ1) is 10.6. The Morgan fingerprint density at radius 1 is 1.09 bits per heavy atom. The minimum atomic E-state index is -0.405. The van der Waals surface area contributed by atoms with Crippen molar-refractivity contribution in [2.45, 2.75) is 20.1 Å². The molecule has 0 bridgehead atoms. The van der Waals surface area contributed by atoms with Gasteiger partial charge in [-0.15, -0.1) is 0 Å². The summed E-state index contributed by atoms with van der Waals surface area (Å²) >= 11 is 0. The molecule has 0 aromatic heterocycles. The van der Waals surface area contributed by atoms with Crippen LogP contribution in [0.2, 0.25) is 0 Å². The minimum Gasteiger partial charge on any atom is -0.504 e. The number of rotatable bonds is 6. The highest BCUT2D eigenvalue weighted by Crippen LogP contribution is 2.34. The van der Waals surface area contributed by atoms with E-state index in [0.717, 1.165) is 11.3 Å². The zero-order valence-electron chi connectivity index (χ0n) is 12.5. The monoisotopic (exact) mass is 302 g/mol. The topological polar surface area (TPSA) is 76.0 Å². The number of phenols is 2. The van der Waals surface area contributed by atoms with Crippen molar-refractivity contribution in [1.29, 1.82) is 0 Å². The molecule has 5 nitrogen and oxygen atoms in total. The van der Waals surface area contributed by atoms with Gasteiger partial charge < -0.3 is 19.7 Å². The number of methoxy groups -OCH3 is 1. The fraction of sp³-hybridized carbons (Fsp3) is 0.235. The molecule has 0 spiro atoms. The van der Waals surface area contributed by atoms with Crippen LogP contribution in [0.15, 0.2) is 30.3 Å². The summed E-state index contributed by atoms with van der Waals surface area (Å²) in [7, 11) is 1.60. The zero-order chi connectivity index (χ0) is 16.1. The maximum atomic E-state index is 11.1. The van der Waals surface area contributed by atoms with Crippen LogP contribution < -0.4 is 4.74 Å². The quantitative estimate of drug-likeness (QED) is 0.634. The van der Waals surface area contributed by atoms with Crippen LogP contribution in [0.1, 0.15) is 27.0 Å². The molecule has 5 heteroatoms. The largest absolute Gasteiger partial charge is 0.504 e. The SMILES string of the molecule is COc1ccc(COCc2cc(C)c(O)c(O)c2C=O)cc1. The highest BCUT2D eigenvalue weighted by Gasteiger charge is 2.14. The molecular weight excluding hydrogens is 284 g/mol. The molecule has 2 aromatic carbocycles. The highest BCUT2D eigenvalue weighted by molar-refractivity contribution is 5.83. The number of phenolic OH excluding ortho intramolecular Hbond substituents is 2. The summed E-state index contributed by atoms with van der Waals surface area (Å²) in [6.07, 6.45) is 0.514. The van der Waals surface area contributed by atoms with Gasteiger partial charge in [0.05, 0.1) is 25.9 Å². The number of aldehydes is 1. The van der Waals surface area contributed by atoms with E-state index in [9.17, 15) is 15.0 Å². The number of benzene rings is 2. The summed E-state index contributed by atoms with van der Waals surface area (Å²) in [5.41, 5.74) is 2.05. The average molecular weight is 302 g/mol. The molecule has 0 aliphatic heterocycles. The van der Waals surface area contributed by atoms with Crippen LogP contribution in [0.5, 0.6) is 17.2 Å². The molecule has 0 atom stereocenters. The molecule has 0 unspecified atom stereocenters. The third-order valence-corrected chi connectivity index (χ3v) is 3.39. The van der Waals surface area contributed by atoms with E-state index < -0.39 is 5.75 Å². The van der Waals surface area contributed by atoms with Gasteiger partial charge >= 0.3 is 0 Å². The molecule has 116 valence electrons. The van der Waals surface area contributed by atoms with Crippen molar-refractivity contribution >= 4 is 6.29 Å². The molecule has 0 radical (unpaired) electrons. The Morgan fingerprint density at radius 3 is 2.36 bits per heavy atom. The van der Waals surface area contributed by atoms with Gasteiger partial charge in [0.1, 0.15) is 5.75 Å². The molecule has 0 heterocycles. The van der Waals surface area contributed by atoms with Crippen LogP contribution in [-0.2, 0) is 18.0 Å². The molecule has 0 aliphatic rings. The van der Waals surface area contributed by atoms with Gasteiger partial charge in [-0.3, -0.25) is 4.79 Å². The smallest absolute Gasteiger partial charge is 0.168 e. The van der Waals surface area contributed by atoms with Crippen molar-refractivity contribution in [1.82, 2.24) is 0 Å². The summed E-state index contributed by atoms with van der Waals surface area (Å²) in [5, 5.41) is 19.4. The van der Waals surface area contributed by atoms with E-state index in [1.54, 1.807) is 20.1 Å². The standard InChI is InChI=1S/C17H18O5/c1-11-7-13(15(8-18)17(20)16(11)19)10-22-9-12-3-5-14(21-2)6-4-12/h3-8,19-20H,9-10H2,1-2H3. The first-order valence-electron chi connectivity index (χ1n) is 6.77. The number of ether oxygens (including phenoxy) is 2. The number of aryl methyl sites for hydroxylation is 1. The van der Waals surface area contributed by atoms with Gasteiger partial charge in [-0.05, 0) is 41.8 Å². The maximum Gasteiger partial charge on any atom is 0.168 e. The summed E-state index contributed by atoms with van der Waals surface area (Å²) < 4.78 is 10.7. The summed E-state index contributed by atoms with van der Waals surface area (Å²) in [4.78, 5) is 11.1. The molecule has 0 aliphatic carbocycles. The number of carbonyl (C=O) groups is 1. The predicted molar refractivity (Wildman–Crippen MR) is 81.4 cm³/mol. The van der Waals surface area contributed by atoms with Crippen molar-refractivity contribution in [2.75, 3.05) is 7.11 Å². The maximum absolute atomic E-state index is 11.1. The average Bonchev–Trinajstić information content (AvgIpc) is 2.53. The summed E-state index contributed by atoms with van der Waals surface area (Å²) in [6, 6.07) is 9.09. The van der Waals surface area contributed by atoms with Gasteiger partial charge in [-0.2, -0.15) is 0 Å². The first kappa shape index (κ1) is 15.9. The van der Waals surface area contributed by atoms with Crippen LogP contribution in [0, 0.1) is 6.92 Å². The molecule has 2 aromatic rings. The lowest BCUT2D eigenvalue weighted by Gasteiger charge is -2.11. The Morgan fingerprint density at radius 2 is 1.77 bits per heavy atom. The third-order valence-electron chi connectivity index (χ3n) is 3.39. The summed E-state index contributed by atoms with van der Waals surface area (Å²) in [6.45, 7) is 2.17. The van der Waals surface area contributed by atoms with Crippen molar-refractivity contribution in [3.8, 4) is 17.2 Å². The summed E-state index contributed by atoms with van der Waals surface area (Å²) in [5.74, 6) is 0.0881. The van der Waals surface area contributed by atoms with E-state index in [2.05, 4.69) is 0 Å². The van der Waals surface area contributed by atoms with Crippen molar-refractivity contribution < 1.29 is 24.5 Å². The molecular formula is C17H18O5. The normalized spacial score (nSPS) is 10.5. The van der Waals surface area contributed by atoms with Gasteiger partial charge in [0.15, 0.2) is 17.8 Å². The fourth-order valence-corrected chi connectivity index (χ4v) is 2.13.